The third kappa shape index (κ3) is 6.68. The van der Waals surface area contributed by atoms with Crippen molar-refractivity contribution in [2.24, 2.45) is 5.92 Å². The Morgan fingerprint density at radius 2 is 2.31 bits per heavy atom. The summed E-state index contributed by atoms with van der Waals surface area (Å²) in [4.78, 5) is 17.3. The number of rotatable bonds is 9. The number of ether oxygens (including phenoxy) is 1. The molecule has 0 aliphatic heterocycles. The van der Waals surface area contributed by atoms with Crippen LogP contribution in [0.3, 0.4) is 0 Å². The maximum absolute atomic E-state index is 12.3. The summed E-state index contributed by atoms with van der Waals surface area (Å²) in [5.41, 5.74) is 0.592. The maximum Gasteiger partial charge on any atom is 0.253 e. The lowest BCUT2D eigenvalue weighted by atomic mass is 9.88. The van der Waals surface area contributed by atoms with E-state index in [0.717, 1.165) is 19.3 Å². The van der Waals surface area contributed by atoms with Crippen molar-refractivity contribution in [1.29, 1.82) is 0 Å². The van der Waals surface area contributed by atoms with Gasteiger partial charge in [-0.1, -0.05) is 19.8 Å². The topological polar surface area (TPSA) is 88.9 Å². The van der Waals surface area contributed by atoms with E-state index in [2.05, 4.69) is 17.3 Å². The maximum atomic E-state index is 12.3. The molecule has 148 valence electrons. The van der Waals surface area contributed by atoms with Crippen molar-refractivity contribution in [1.82, 2.24) is 14.8 Å². The van der Waals surface area contributed by atoms with Crippen molar-refractivity contribution in [3.8, 4) is 0 Å². The minimum Gasteiger partial charge on any atom is -0.390 e. The molecule has 2 N–H and O–H groups in total. The smallest absolute Gasteiger partial charge is 0.253 e. The molecule has 1 aliphatic rings. The number of nitrogens with one attached hydrogen (secondary N) is 1. The summed E-state index contributed by atoms with van der Waals surface area (Å²) in [5.74, 6) is 0.480. The van der Waals surface area contributed by atoms with Gasteiger partial charge in [-0.05, 0) is 25.7 Å². The Hall–Kier alpha value is -1.48. The van der Waals surface area contributed by atoms with Crippen molar-refractivity contribution in [3.63, 3.8) is 0 Å². The average Bonchev–Trinajstić information content (AvgIpc) is 3.01. The summed E-state index contributed by atoms with van der Waals surface area (Å²) in [5, 5.41) is 18.5. The lowest BCUT2D eigenvalue weighted by molar-refractivity contribution is -0.131. The minimum absolute atomic E-state index is 0.162. The van der Waals surface area contributed by atoms with Gasteiger partial charge < -0.3 is 20.0 Å². The number of aliphatic hydroxyl groups is 1. The van der Waals surface area contributed by atoms with Gasteiger partial charge in [-0.25, -0.2) is 0 Å². The van der Waals surface area contributed by atoms with E-state index in [-0.39, 0.29) is 12.0 Å². The average molecular weight is 368 g/mol. The van der Waals surface area contributed by atoms with E-state index in [4.69, 9.17) is 9.57 Å². The molecule has 8 heteroatoms. The molecule has 0 unspecified atom stereocenters. The number of carbonyl (C=O) groups is 1. The van der Waals surface area contributed by atoms with E-state index in [0.29, 0.717) is 24.7 Å². The molecule has 1 heterocycles. The molecule has 1 aliphatic carbocycles. The predicted octanol–water partition coefficient (Wildman–Crippen LogP) is 1.66. The lowest BCUT2D eigenvalue weighted by Crippen LogP contribution is -2.33. The van der Waals surface area contributed by atoms with Crippen LogP contribution in [0.2, 0.25) is 0 Å². The van der Waals surface area contributed by atoms with Crippen LogP contribution in [0.5, 0.6) is 0 Å². The number of likely N-dealkylation sites (N-methyl/N-ethyl adjacent to an activating group) is 1. The van der Waals surface area contributed by atoms with Crippen molar-refractivity contribution in [3.05, 3.63) is 12.4 Å². The number of aliphatic hydroxyl groups excluding tert-OH is 1. The molecular formula is C18H32N4O4. The van der Waals surface area contributed by atoms with Crippen LogP contribution in [0.25, 0.3) is 0 Å². The van der Waals surface area contributed by atoms with Crippen LogP contribution in [-0.2, 0) is 20.9 Å². The van der Waals surface area contributed by atoms with Gasteiger partial charge in [0.2, 0.25) is 0 Å². The Morgan fingerprint density at radius 3 is 3.00 bits per heavy atom. The molecule has 4 atom stereocenters. The standard InChI is InChI=1S/C18H32N4O4/c1-13-6-5-7-17(8-13)26-14(2)18(24)20-15-9-19-22(10-15)12-16(23)11-21(3)25-4/h9-10,13-14,16-17,23H,5-8,11-12H2,1-4H3,(H,20,24)/t13-,14-,16-,17+/m0/s1. The lowest BCUT2D eigenvalue weighted by Gasteiger charge is -2.28. The second kappa shape index (κ2) is 10.0. The molecule has 1 aromatic rings. The quantitative estimate of drug-likeness (QED) is 0.645. The summed E-state index contributed by atoms with van der Waals surface area (Å²) < 4.78 is 7.52. The van der Waals surface area contributed by atoms with Gasteiger partial charge in [0.05, 0.1) is 44.3 Å². The van der Waals surface area contributed by atoms with E-state index in [1.54, 1.807) is 43.2 Å². The molecule has 1 amide bonds. The number of anilines is 1. The van der Waals surface area contributed by atoms with Crippen LogP contribution < -0.4 is 5.32 Å². The van der Waals surface area contributed by atoms with Gasteiger partial charge in [0, 0.05) is 13.2 Å². The van der Waals surface area contributed by atoms with Gasteiger partial charge >= 0.3 is 0 Å². The molecule has 8 nitrogen and oxygen atoms in total. The van der Waals surface area contributed by atoms with Gasteiger partial charge in [-0.15, -0.1) is 0 Å². The van der Waals surface area contributed by atoms with E-state index in [1.165, 1.54) is 6.42 Å². The van der Waals surface area contributed by atoms with Crippen LogP contribution in [0.15, 0.2) is 12.4 Å². The molecule has 26 heavy (non-hydrogen) atoms. The van der Waals surface area contributed by atoms with Crippen LogP contribution >= 0.6 is 0 Å². The highest BCUT2D eigenvalue weighted by Gasteiger charge is 2.24. The summed E-state index contributed by atoms with van der Waals surface area (Å²) >= 11 is 0. The molecule has 1 fully saturated rings. The molecule has 0 aromatic carbocycles. The van der Waals surface area contributed by atoms with Gasteiger partial charge in [0.1, 0.15) is 6.10 Å². The Bertz CT molecular complexity index is 565. The Labute approximate surface area is 155 Å². The monoisotopic (exact) mass is 368 g/mol. The summed E-state index contributed by atoms with van der Waals surface area (Å²) in [6.07, 6.45) is 6.74. The minimum atomic E-state index is -0.626. The first kappa shape index (κ1) is 20.8. The molecule has 0 spiro atoms. The first-order valence-corrected chi connectivity index (χ1v) is 9.29. The second-order valence-electron chi connectivity index (χ2n) is 7.26. The number of nitrogens with zero attached hydrogens (tertiary/aromatic N) is 3. The fourth-order valence-electron chi connectivity index (χ4n) is 3.27. The Balaban J connectivity index is 1.79. The third-order valence-corrected chi connectivity index (χ3v) is 4.73. The van der Waals surface area contributed by atoms with Crippen LogP contribution in [0.4, 0.5) is 5.69 Å². The van der Waals surface area contributed by atoms with E-state index >= 15 is 0 Å². The van der Waals surface area contributed by atoms with Crippen molar-refractivity contribution < 1.29 is 19.5 Å². The van der Waals surface area contributed by atoms with E-state index < -0.39 is 12.2 Å². The highest BCUT2D eigenvalue weighted by atomic mass is 16.7. The SMILES string of the molecule is CON(C)C[C@H](O)Cn1cc(NC(=O)[C@H](C)O[C@@H]2CCC[C@H](C)C2)cn1. The summed E-state index contributed by atoms with van der Waals surface area (Å²) in [7, 11) is 3.29. The van der Waals surface area contributed by atoms with Crippen molar-refractivity contribution in [2.75, 3.05) is 26.0 Å². The highest BCUT2D eigenvalue weighted by Crippen LogP contribution is 2.26. The fourth-order valence-corrected chi connectivity index (χ4v) is 3.27. The zero-order valence-corrected chi connectivity index (χ0v) is 16.2. The van der Waals surface area contributed by atoms with Crippen molar-refractivity contribution >= 4 is 11.6 Å². The van der Waals surface area contributed by atoms with Crippen LogP contribution in [0.1, 0.15) is 39.5 Å². The predicted molar refractivity (Wildman–Crippen MR) is 98.5 cm³/mol. The first-order valence-electron chi connectivity index (χ1n) is 9.29. The summed E-state index contributed by atoms with van der Waals surface area (Å²) in [6, 6.07) is 0. The normalized spacial score (nSPS) is 23.0. The number of aromatic nitrogens is 2. The highest BCUT2D eigenvalue weighted by molar-refractivity contribution is 5.93. The fraction of sp³-hybridized carbons (Fsp3) is 0.778. The van der Waals surface area contributed by atoms with Gasteiger partial charge in [0.25, 0.3) is 5.91 Å². The number of hydrogen-bond donors (Lipinski definition) is 2. The Morgan fingerprint density at radius 1 is 1.54 bits per heavy atom. The van der Waals surface area contributed by atoms with Crippen LogP contribution in [0, 0.1) is 5.92 Å². The third-order valence-electron chi connectivity index (χ3n) is 4.73. The molecular weight excluding hydrogens is 336 g/mol. The zero-order chi connectivity index (χ0) is 19.1. The van der Waals surface area contributed by atoms with Crippen LogP contribution in [-0.4, -0.2) is 64.9 Å². The molecule has 0 bridgehead atoms. The first-order chi connectivity index (χ1) is 12.4. The molecule has 1 aromatic heterocycles. The number of hydroxylamine groups is 2. The number of carbonyl (C=O) groups excluding carboxylic acids is 1. The second-order valence-corrected chi connectivity index (χ2v) is 7.26. The zero-order valence-electron chi connectivity index (χ0n) is 16.2. The van der Waals surface area contributed by atoms with Gasteiger partial charge in [0.15, 0.2) is 0 Å². The van der Waals surface area contributed by atoms with Gasteiger partial charge in [-0.3, -0.25) is 9.48 Å². The number of amides is 1. The Kier molecular flexibility index (Phi) is 8.02. The van der Waals surface area contributed by atoms with Crippen molar-refractivity contribution in [2.45, 2.75) is 64.4 Å². The largest absolute Gasteiger partial charge is 0.390 e. The summed E-state index contributed by atoms with van der Waals surface area (Å²) in [6.45, 7) is 4.69. The van der Waals surface area contributed by atoms with Gasteiger partial charge in [-0.2, -0.15) is 10.2 Å². The number of hydrogen-bond acceptors (Lipinski definition) is 6. The molecule has 0 saturated heterocycles. The molecule has 0 radical (unpaired) electrons. The van der Waals surface area contributed by atoms with E-state index in [9.17, 15) is 9.90 Å². The van der Waals surface area contributed by atoms with E-state index in [1.807, 2.05) is 0 Å². The molecule has 2 rings (SSSR count). The molecule has 1 saturated carbocycles.